The SMILES string of the molecule is Cc1ccc(-c2ccc(C34CC5CC(CC(C5)C3)C4)cc2)c2c1[CH]C(CC1CCCCC1)=C2.[Zr]. The fourth-order valence-corrected chi connectivity index (χ4v) is 9.07. The molecule has 4 bridgehead atoms. The van der Waals surface area contributed by atoms with Crippen molar-refractivity contribution >= 4 is 6.08 Å². The number of hydrogen-bond donors (Lipinski definition) is 0. The molecule has 6 aliphatic carbocycles. The van der Waals surface area contributed by atoms with Gasteiger partial charge in [0.2, 0.25) is 0 Å². The Morgan fingerprint density at radius 2 is 1.41 bits per heavy atom. The van der Waals surface area contributed by atoms with Crippen molar-refractivity contribution in [3.05, 3.63) is 70.6 Å². The standard InChI is InChI=1S/C33H39.Zr/c1-22-7-12-30(32-18-24(17-31(22)32)13-23-5-3-2-4-6-23)28-8-10-29(11-9-28)33-19-25-14-26(20-33)16-27(15-25)21-33;/h7-12,17-18,23,25-27H,2-6,13-16,19-21H2,1H3;. The fraction of sp³-hybridized carbons (Fsp3) is 0.545. The van der Waals surface area contributed by atoms with E-state index in [-0.39, 0.29) is 26.2 Å². The van der Waals surface area contributed by atoms with Gasteiger partial charge in [-0.1, -0.05) is 80.2 Å². The smallest absolute Gasteiger partial charge is 0.0167 e. The third kappa shape index (κ3) is 4.07. The van der Waals surface area contributed by atoms with Crippen molar-refractivity contribution in [3.63, 3.8) is 0 Å². The predicted molar refractivity (Wildman–Crippen MR) is 139 cm³/mol. The van der Waals surface area contributed by atoms with Gasteiger partial charge in [-0.3, -0.25) is 0 Å². The van der Waals surface area contributed by atoms with Gasteiger partial charge in [-0.25, -0.2) is 0 Å². The van der Waals surface area contributed by atoms with Gasteiger partial charge in [-0.15, -0.1) is 0 Å². The van der Waals surface area contributed by atoms with Gasteiger partial charge in [-0.2, -0.15) is 0 Å². The third-order valence-corrected chi connectivity index (χ3v) is 10.3. The summed E-state index contributed by atoms with van der Waals surface area (Å²) in [4.78, 5) is 0. The summed E-state index contributed by atoms with van der Waals surface area (Å²) in [5.74, 6) is 3.94. The van der Waals surface area contributed by atoms with E-state index in [0.29, 0.717) is 5.41 Å². The van der Waals surface area contributed by atoms with E-state index in [1.54, 1.807) is 11.1 Å². The second-order valence-corrected chi connectivity index (χ2v) is 12.6. The molecule has 5 saturated carbocycles. The zero-order valence-corrected chi connectivity index (χ0v) is 23.4. The number of rotatable bonds is 4. The monoisotopic (exact) mass is 525 g/mol. The maximum atomic E-state index is 2.53. The largest absolute Gasteiger partial charge is 0.0608 e. The van der Waals surface area contributed by atoms with Gasteiger partial charge < -0.3 is 0 Å². The van der Waals surface area contributed by atoms with Crippen LogP contribution in [0.15, 0.2) is 42.0 Å². The third-order valence-electron chi connectivity index (χ3n) is 10.3. The summed E-state index contributed by atoms with van der Waals surface area (Å²) in [5, 5.41) is 0. The molecule has 0 spiro atoms. The number of allylic oxidation sites excluding steroid dienone is 1. The minimum Gasteiger partial charge on any atom is -0.0608 e. The van der Waals surface area contributed by atoms with Crippen LogP contribution < -0.4 is 0 Å². The van der Waals surface area contributed by atoms with E-state index >= 15 is 0 Å². The topological polar surface area (TPSA) is 0 Å². The second kappa shape index (κ2) is 9.18. The minimum absolute atomic E-state index is 0. The van der Waals surface area contributed by atoms with Crippen molar-refractivity contribution in [2.24, 2.45) is 23.7 Å². The van der Waals surface area contributed by atoms with Crippen molar-refractivity contribution in [2.45, 2.75) is 89.4 Å². The minimum atomic E-state index is 0. The zero-order chi connectivity index (χ0) is 22.0. The van der Waals surface area contributed by atoms with Crippen LogP contribution in [0.2, 0.25) is 0 Å². The van der Waals surface area contributed by atoms with Gasteiger partial charge in [-0.05, 0) is 114 Å². The molecule has 0 amide bonds. The summed E-state index contributed by atoms with van der Waals surface area (Å²) in [6.45, 7) is 2.28. The Balaban J connectivity index is 0.00000217. The van der Waals surface area contributed by atoms with Crippen LogP contribution in [0.3, 0.4) is 0 Å². The Hall–Kier alpha value is -0.937. The van der Waals surface area contributed by atoms with E-state index < -0.39 is 0 Å². The molecule has 6 aliphatic rings. The molecule has 175 valence electrons. The van der Waals surface area contributed by atoms with E-state index in [1.807, 2.05) is 0 Å². The molecule has 1 heteroatoms. The van der Waals surface area contributed by atoms with Crippen molar-refractivity contribution in [1.82, 2.24) is 0 Å². The van der Waals surface area contributed by atoms with Crippen molar-refractivity contribution in [1.29, 1.82) is 0 Å². The summed E-state index contributed by atoms with van der Waals surface area (Å²) in [7, 11) is 0. The van der Waals surface area contributed by atoms with E-state index in [0.717, 1.165) is 23.7 Å². The second-order valence-electron chi connectivity index (χ2n) is 12.6. The molecular weight excluding hydrogens is 488 g/mol. The Labute approximate surface area is 226 Å². The molecule has 5 fully saturated rings. The summed E-state index contributed by atoms with van der Waals surface area (Å²) in [5.41, 5.74) is 10.9. The molecule has 2 aromatic rings. The van der Waals surface area contributed by atoms with Crippen LogP contribution >= 0.6 is 0 Å². The molecule has 8 rings (SSSR count). The Morgan fingerprint density at radius 3 is 2.06 bits per heavy atom. The number of hydrogen-bond acceptors (Lipinski definition) is 0. The van der Waals surface area contributed by atoms with Gasteiger partial charge in [0.15, 0.2) is 0 Å². The van der Waals surface area contributed by atoms with E-state index in [4.69, 9.17) is 0 Å². The summed E-state index contributed by atoms with van der Waals surface area (Å²) < 4.78 is 0. The average molecular weight is 527 g/mol. The van der Waals surface area contributed by atoms with Crippen LogP contribution in [0.4, 0.5) is 0 Å². The van der Waals surface area contributed by atoms with Gasteiger partial charge >= 0.3 is 0 Å². The first-order chi connectivity index (χ1) is 16.1. The Morgan fingerprint density at radius 1 is 0.765 bits per heavy atom. The molecule has 0 atom stereocenters. The van der Waals surface area contributed by atoms with Crippen LogP contribution in [-0.4, -0.2) is 0 Å². The Bertz CT molecular complexity index is 1050. The van der Waals surface area contributed by atoms with Gasteiger partial charge in [0.25, 0.3) is 0 Å². The van der Waals surface area contributed by atoms with Crippen LogP contribution in [0.5, 0.6) is 0 Å². The molecular formula is C33H39Zr. The molecule has 34 heavy (non-hydrogen) atoms. The average Bonchev–Trinajstić information content (AvgIpc) is 3.24. The van der Waals surface area contributed by atoms with Crippen molar-refractivity contribution in [3.8, 4) is 11.1 Å². The van der Waals surface area contributed by atoms with E-state index in [9.17, 15) is 0 Å². The first-order valence-electron chi connectivity index (χ1n) is 13.9. The van der Waals surface area contributed by atoms with E-state index in [2.05, 4.69) is 55.8 Å². The molecule has 0 aromatic heterocycles. The van der Waals surface area contributed by atoms with Gasteiger partial charge in [0.1, 0.15) is 0 Å². The maximum Gasteiger partial charge on any atom is 0.0167 e. The molecule has 0 N–H and O–H groups in total. The summed E-state index contributed by atoms with van der Waals surface area (Å²) in [6.07, 6.45) is 22.4. The van der Waals surface area contributed by atoms with Crippen molar-refractivity contribution in [2.75, 3.05) is 0 Å². The van der Waals surface area contributed by atoms with Crippen LogP contribution in [-0.2, 0) is 31.6 Å². The van der Waals surface area contributed by atoms with Gasteiger partial charge in [0, 0.05) is 32.6 Å². The first-order valence-corrected chi connectivity index (χ1v) is 13.9. The predicted octanol–water partition coefficient (Wildman–Crippen LogP) is 9.05. The molecule has 0 nitrogen and oxygen atoms in total. The molecule has 0 saturated heterocycles. The zero-order valence-electron chi connectivity index (χ0n) is 20.9. The Kier molecular flexibility index (Phi) is 6.33. The molecule has 0 aliphatic heterocycles. The maximum absolute atomic E-state index is 2.53. The summed E-state index contributed by atoms with van der Waals surface area (Å²) >= 11 is 0. The number of aryl methyl sites for hydroxylation is 1. The first kappa shape index (κ1) is 23.5. The number of fused-ring (bicyclic) bond motifs is 1. The summed E-state index contributed by atoms with van der Waals surface area (Å²) in [6, 6.07) is 14.6. The molecule has 2 aromatic carbocycles. The van der Waals surface area contributed by atoms with E-state index in [1.165, 1.54) is 105 Å². The fourth-order valence-electron chi connectivity index (χ4n) is 9.07. The normalized spacial score (nSPS) is 31.8. The van der Waals surface area contributed by atoms with Crippen LogP contribution in [0, 0.1) is 37.0 Å². The quantitative estimate of drug-likeness (QED) is 0.373. The molecule has 0 heterocycles. The van der Waals surface area contributed by atoms with Crippen LogP contribution in [0.1, 0.15) is 99.3 Å². The van der Waals surface area contributed by atoms with Gasteiger partial charge in [0.05, 0.1) is 0 Å². The number of benzene rings is 2. The molecule has 0 unspecified atom stereocenters. The van der Waals surface area contributed by atoms with Crippen molar-refractivity contribution < 1.29 is 26.2 Å². The van der Waals surface area contributed by atoms with Crippen LogP contribution in [0.25, 0.3) is 17.2 Å². The molecule has 1 radical (unpaired) electrons.